The van der Waals surface area contributed by atoms with E-state index in [0.29, 0.717) is 17.4 Å². The van der Waals surface area contributed by atoms with Gasteiger partial charge in [0.25, 0.3) is 0 Å². The Morgan fingerprint density at radius 3 is 2.65 bits per heavy atom. The van der Waals surface area contributed by atoms with Crippen molar-refractivity contribution in [3.63, 3.8) is 0 Å². The van der Waals surface area contributed by atoms with Crippen molar-refractivity contribution in [1.29, 1.82) is 0 Å². The zero-order valence-corrected chi connectivity index (χ0v) is 16.5. The summed E-state index contributed by atoms with van der Waals surface area (Å²) in [6.07, 6.45) is 3.25. The number of rotatable bonds is 6. The maximum atomic E-state index is 11.9. The van der Waals surface area contributed by atoms with E-state index in [-0.39, 0.29) is 0 Å². The van der Waals surface area contributed by atoms with E-state index in [2.05, 4.69) is 25.9 Å². The molecule has 0 unspecified atom stereocenters. The molecule has 2 aromatic rings. The molecule has 3 N–H and O–H groups in total. The van der Waals surface area contributed by atoms with Gasteiger partial charge >= 0.3 is 6.09 Å². The maximum absolute atomic E-state index is 11.9. The largest absolute Gasteiger partial charge is 0.444 e. The molecule has 26 heavy (non-hydrogen) atoms. The van der Waals surface area contributed by atoms with Crippen molar-refractivity contribution in [1.82, 2.24) is 15.3 Å². The van der Waals surface area contributed by atoms with Crippen LogP contribution >= 0.6 is 11.8 Å². The Kier molecular flexibility index (Phi) is 6.82. The molecule has 1 heterocycles. The fourth-order valence-electron chi connectivity index (χ4n) is 2.15. The predicted octanol–water partition coefficient (Wildman–Crippen LogP) is 4.01. The Labute approximate surface area is 158 Å². The number of carbonyl (C=O) groups is 1. The fraction of sp³-hybridized carbons (Fsp3) is 0.389. The van der Waals surface area contributed by atoms with Gasteiger partial charge in [-0.05, 0) is 52.3 Å². The van der Waals surface area contributed by atoms with Gasteiger partial charge in [-0.1, -0.05) is 17.8 Å². The first kappa shape index (κ1) is 20.0. The van der Waals surface area contributed by atoms with Crippen LogP contribution in [0.25, 0.3) is 0 Å². The summed E-state index contributed by atoms with van der Waals surface area (Å²) in [5.41, 5.74) is 1.85. The number of amides is 1. The standard InChI is InChI=1S/C18H25N5O2S/c1-18(2,3)25-17(24)22-14-8-6-7-13(9-14)21-15-12(10-19-4)11-20-16(23-15)26-5/h6-9,11,19H,10H2,1-5H3,(H,22,24)(H,20,21,23). The minimum absolute atomic E-state index is 0.489. The fourth-order valence-corrected chi connectivity index (χ4v) is 2.49. The molecule has 0 aliphatic carbocycles. The van der Waals surface area contributed by atoms with Crippen LogP contribution in [0.1, 0.15) is 26.3 Å². The van der Waals surface area contributed by atoms with E-state index >= 15 is 0 Å². The van der Waals surface area contributed by atoms with Crippen LogP contribution in [-0.4, -0.2) is 35.0 Å². The average molecular weight is 375 g/mol. The second-order valence-electron chi connectivity index (χ2n) is 6.59. The molecule has 0 radical (unpaired) electrons. The summed E-state index contributed by atoms with van der Waals surface area (Å²) in [6, 6.07) is 7.39. The van der Waals surface area contributed by atoms with Crippen LogP contribution in [0.3, 0.4) is 0 Å². The SMILES string of the molecule is CNCc1cnc(SC)nc1Nc1cccc(NC(=O)OC(C)(C)C)c1. The summed E-state index contributed by atoms with van der Waals surface area (Å²) >= 11 is 1.48. The van der Waals surface area contributed by atoms with E-state index < -0.39 is 11.7 Å². The second kappa shape index (κ2) is 8.86. The van der Waals surface area contributed by atoms with E-state index in [1.54, 1.807) is 12.3 Å². The van der Waals surface area contributed by atoms with Crippen LogP contribution in [0.5, 0.6) is 0 Å². The highest BCUT2D eigenvalue weighted by atomic mass is 32.2. The van der Waals surface area contributed by atoms with Crippen molar-refractivity contribution < 1.29 is 9.53 Å². The normalized spacial score (nSPS) is 11.1. The van der Waals surface area contributed by atoms with Gasteiger partial charge in [-0.15, -0.1) is 0 Å². The van der Waals surface area contributed by atoms with E-state index in [1.807, 2.05) is 52.3 Å². The first-order chi connectivity index (χ1) is 12.3. The van der Waals surface area contributed by atoms with Crippen LogP contribution in [0, 0.1) is 0 Å². The van der Waals surface area contributed by atoms with Crippen molar-refractivity contribution in [3.8, 4) is 0 Å². The van der Waals surface area contributed by atoms with Crippen LogP contribution in [0.2, 0.25) is 0 Å². The summed E-state index contributed by atoms with van der Waals surface area (Å²) in [7, 11) is 1.87. The molecule has 0 aliphatic heterocycles. The van der Waals surface area contributed by atoms with Gasteiger partial charge in [0, 0.05) is 29.7 Å². The van der Waals surface area contributed by atoms with E-state index in [0.717, 1.165) is 17.1 Å². The molecule has 1 aromatic heterocycles. The number of thioether (sulfide) groups is 1. The Hall–Kier alpha value is -2.32. The molecule has 1 amide bonds. The van der Waals surface area contributed by atoms with Crippen molar-refractivity contribution in [3.05, 3.63) is 36.0 Å². The van der Waals surface area contributed by atoms with Crippen molar-refractivity contribution in [2.24, 2.45) is 0 Å². The number of nitrogens with one attached hydrogen (secondary N) is 3. The Bertz CT molecular complexity index is 761. The molecule has 0 aliphatic rings. The molecular formula is C18H25N5O2S. The summed E-state index contributed by atoms with van der Waals surface area (Å²) in [4.78, 5) is 20.8. The first-order valence-electron chi connectivity index (χ1n) is 8.22. The summed E-state index contributed by atoms with van der Waals surface area (Å²) < 4.78 is 5.28. The number of hydrogen-bond acceptors (Lipinski definition) is 7. The molecule has 140 valence electrons. The second-order valence-corrected chi connectivity index (χ2v) is 7.37. The zero-order chi connectivity index (χ0) is 19.2. The Morgan fingerprint density at radius 1 is 1.27 bits per heavy atom. The molecule has 7 nitrogen and oxygen atoms in total. The van der Waals surface area contributed by atoms with Gasteiger partial charge in [0.2, 0.25) is 0 Å². The van der Waals surface area contributed by atoms with Gasteiger partial charge in [-0.3, -0.25) is 5.32 Å². The molecule has 1 aromatic carbocycles. The van der Waals surface area contributed by atoms with E-state index in [9.17, 15) is 4.79 Å². The third-order valence-corrected chi connectivity index (χ3v) is 3.72. The Morgan fingerprint density at radius 2 is 2.00 bits per heavy atom. The highest BCUT2D eigenvalue weighted by Crippen LogP contribution is 2.23. The van der Waals surface area contributed by atoms with Crippen molar-refractivity contribution in [2.75, 3.05) is 23.9 Å². The molecule has 0 bridgehead atoms. The lowest BCUT2D eigenvalue weighted by atomic mass is 10.2. The molecule has 0 fully saturated rings. The number of aromatic nitrogens is 2. The molecule has 0 saturated heterocycles. The molecule has 8 heteroatoms. The molecular weight excluding hydrogens is 350 g/mol. The van der Waals surface area contributed by atoms with Gasteiger partial charge in [-0.2, -0.15) is 0 Å². The van der Waals surface area contributed by atoms with Crippen LogP contribution in [0.15, 0.2) is 35.6 Å². The third-order valence-electron chi connectivity index (χ3n) is 3.16. The van der Waals surface area contributed by atoms with Gasteiger partial charge < -0.3 is 15.4 Å². The highest BCUT2D eigenvalue weighted by molar-refractivity contribution is 7.98. The number of ether oxygens (including phenoxy) is 1. The number of anilines is 3. The van der Waals surface area contributed by atoms with Crippen LogP contribution in [-0.2, 0) is 11.3 Å². The molecule has 0 spiro atoms. The quantitative estimate of drug-likeness (QED) is 0.519. The van der Waals surface area contributed by atoms with Crippen molar-refractivity contribution >= 4 is 35.0 Å². The molecule has 2 rings (SSSR count). The summed E-state index contributed by atoms with van der Waals surface area (Å²) in [5, 5.41) is 9.83. The van der Waals surface area contributed by atoms with Gasteiger partial charge in [0.15, 0.2) is 5.16 Å². The van der Waals surface area contributed by atoms with Gasteiger partial charge in [0.05, 0.1) is 0 Å². The van der Waals surface area contributed by atoms with E-state index in [1.165, 1.54) is 11.8 Å². The number of benzene rings is 1. The summed E-state index contributed by atoms with van der Waals surface area (Å²) in [6.45, 7) is 6.12. The zero-order valence-electron chi connectivity index (χ0n) is 15.7. The lowest BCUT2D eigenvalue weighted by molar-refractivity contribution is 0.0636. The van der Waals surface area contributed by atoms with Gasteiger partial charge in [-0.25, -0.2) is 14.8 Å². The maximum Gasteiger partial charge on any atom is 0.412 e. The monoisotopic (exact) mass is 375 g/mol. The van der Waals surface area contributed by atoms with E-state index in [4.69, 9.17) is 4.74 Å². The first-order valence-corrected chi connectivity index (χ1v) is 9.45. The lowest BCUT2D eigenvalue weighted by Gasteiger charge is -2.20. The number of nitrogens with zero attached hydrogens (tertiary/aromatic N) is 2. The van der Waals surface area contributed by atoms with Crippen LogP contribution < -0.4 is 16.0 Å². The average Bonchev–Trinajstić information content (AvgIpc) is 2.55. The van der Waals surface area contributed by atoms with Gasteiger partial charge in [0.1, 0.15) is 11.4 Å². The minimum atomic E-state index is -0.544. The number of carbonyl (C=O) groups excluding carboxylic acids is 1. The summed E-state index contributed by atoms with van der Waals surface area (Å²) in [5.74, 6) is 0.730. The highest BCUT2D eigenvalue weighted by Gasteiger charge is 2.16. The third kappa shape index (κ3) is 6.20. The predicted molar refractivity (Wildman–Crippen MR) is 106 cm³/mol. The Balaban J connectivity index is 2.17. The minimum Gasteiger partial charge on any atom is -0.444 e. The molecule has 0 saturated carbocycles. The lowest BCUT2D eigenvalue weighted by Crippen LogP contribution is -2.27. The smallest absolute Gasteiger partial charge is 0.412 e. The number of hydrogen-bond donors (Lipinski definition) is 3. The van der Waals surface area contributed by atoms with Crippen LogP contribution in [0.4, 0.5) is 22.0 Å². The molecule has 0 atom stereocenters. The van der Waals surface area contributed by atoms with Crippen molar-refractivity contribution in [2.45, 2.75) is 38.1 Å². The topological polar surface area (TPSA) is 88.2 Å².